The van der Waals surface area contributed by atoms with Crippen LogP contribution >= 0.6 is 0 Å². The van der Waals surface area contributed by atoms with Crippen LogP contribution in [0.25, 0.3) is 6.08 Å². The van der Waals surface area contributed by atoms with E-state index in [0.717, 1.165) is 24.8 Å². The predicted octanol–water partition coefficient (Wildman–Crippen LogP) is 3.65. The molecule has 0 saturated heterocycles. The fourth-order valence-electron chi connectivity index (χ4n) is 3.42. The van der Waals surface area contributed by atoms with Crippen LogP contribution < -0.4 is 0 Å². The van der Waals surface area contributed by atoms with Crippen LogP contribution in [0.15, 0.2) is 54.6 Å². The topological polar surface area (TPSA) is 70.4 Å². The Balaban J connectivity index is 1.54. The van der Waals surface area contributed by atoms with E-state index < -0.39 is 5.97 Å². The van der Waals surface area contributed by atoms with Crippen LogP contribution in [-0.2, 0) is 20.7 Å². The molecule has 0 saturated carbocycles. The second-order valence-corrected chi connectivity index (χ2v) is 6.79. The minimum Gasteiger partial charge on any atom is -0.452 e. The number of esters is 1. The molecule has 1 aliphatic carbocycles. The number of likely N-dealkylation sites (N-methyl/N-ethyl adjacent to an activating group) is 1. The molecule has 0 spiro atoms. The third-order valence-corrected chi connectivity index (χ3v) is 4.99. The van der Waals surface area contributed by atoms with Crippen molar-refractivity contribution in [1.29, 1.82) is 5.26 Å². The average Bonchev–Trinajstić information content (AvgIpc) is 2.75. The molecule has 1 atom stereocenters. The van der Waals surface area contributed by atoms with Crippen LogP contribution in [0.4, 0.5) is 0 Å². The Kier molecular flexibility index (Phi) is 6.23. The van der Waals surface area contributed by atoms with Crippen LogP contribution in [0.1, 0.15) is 41.1 Å². The number of ether oxygens (including phenoxy) is 1. The van der Waals surface area contributed by atoms with Gasteiger partial charge in [-0.15, -0.1) is 0 Å². The van der Waals surface area contributed by atoms with Gasteiger partial charge in [0.25, 0.3) is 5.91 Å². The lowest BCUT2D eigenvalue weighted by molar-refractivity contribution is -0.148. The van der Waals surface area contributed by atoms with Gasteiger partial charge in [0, 0.05) is 13.1 Å². The molecule has 0 aliphatic heterocycles. The summed E-state index contributed by atoms with van der Waals surface area (Å²) in [6, 6.07) is 17.1. The van der Waals surface area contributed by atoms with Gasteiger partial charge in [0.15, 0.2) is 6.61 Å². The first-order chi connectivity index (χ1) is 13.6. The number of amides is 1. The minimum atomic E-state index is -0.574. The molecule has 5 heteroatoms. The van der Waals surface area contributed by atoms with Gasteiger partial charge >= 0.3 is 5.97 Å². The molecular formula is C23H22N2O3. The lowest BCUT2D eigenvalue weighted by Gasteiger charge is -2.33. The Bertz CT molecular complexity index is 926. The van der Waals surface area contributed by atoms with E-state index in [4.69, 9.17) is 10.00 Å². The number of benzene rings is 2. The van der Waals surface area contributed by atoms with Crippen LogP contribution in [0.3, 0.4) is 0 Å². The molecule has 1 aliphatic rings. The van der Waals surface area contributed by atoms with E-state index in [1.165, 1.54) is 17.2 Å². The highest BCUT2D eigenvalue weighted by Gasteiger charge is 2.26. The molecule has 0 fully saturated rings. The maximum atomic E-state index is 12.5. The fourth-order valence-corrected chi connectivity index (χ4v) is 3.42. The van der Waals surface area contributed by atoms with Gasteiger partial charge in [-0.3, -0.25) is 4.79 Å². The van der Waals surface area contributed by atoms with Crippen molar-refractivity contribution in [3.8, 4) is 6.07 Å². The van der Waals surface area contributed by atoms with Gasteiger partial charge < -0.3 is 9.64 Å². The van der Waals surface area contributed by atoms with Gasteiger partial charge in [-0.25, -0.2) is 4.79 Å². The molecule has 3 rings (SSSR count). The molecule has 0 unspecified atom stereocenters. The average molecular weight is 374 g/mol. The van der Waals surface area contributed by atoms with Crippen molar-refractivity contribution < 1.29 is 14.3 Å². The molecule has 1 amide bonds. The summed E-state index contributed by atoms with van der Waals surface area (Å²) in [5, 5.41) is 8.78. The summed E-state index contributed by atoms with van der Waals surface area (Å²) in [7, 11) is 1.76. The van der Waals surface area contributed by atoms with Crippen molar-refractivity contribution in [2.45, 2.75) is 25.3 Å². The zero-order valence-corrected chi connectivity index (χ0v) is 15.8. The smallest absolute Gasteiger partial charge is 0.331 e. The van der Waals surface area contributed by atoms with Crippen molar-refractivity contribution >= 4 is 18.0 Å². The lowest BCUT2D eigenvalue weighted by atomic mass is 9.87. The summed E-state index contributed by atoms with van der Waals surface area (Å²) in [5.41, 5.74) is 3.79. The van der Waals surface area contributed by atoms with E-state index in [-0.39, 0.29) is 18.6 Å². The first-order valence-electron chi connectivity index (χ1n) is 9.27. The Labute approximate surface area is 164 Å². The molecule has 28 heavy (non-hydrogen) atoms. The predicted molar refractivity (Wildman–Crippen MR) is 106 cm³/mol. The van der Waals surface area contributed by atoms with Crippen LogP contribution in [0.5, 0.6) is 0 Å². The monoisotopic (exact) mass is 374 g/mol. The summed E-state index contributed by atoms with van der Waals surface area (Å²) >= 11 is 0. The number of hydrogen-bond acceptors (Lipinski definition) is 4. The summed E-state index contributed by atoms with van der Waals surface area (Å²) in [4.78, 5) is 26.1. The van der Waals surface area contributed by atoms with Crippen LogP contribution in [0.2, 0.25) is 0 Å². The molecule has 0 radical (unpaired) electrons. The molecule has 142 valence electrons. The van der Waals surface area contributed by atoms with E-state index in [2.05, 4.69) is 12.1 Å². The number of nitrogens with zero attached hydrogens (tertiary/aromatic N) is 2. The number of carbonyl (C=O) groups excluding carboxylic acids is 2. The molecule has 0 heterocycles. The number of fused-ring (bicyclic) bond motifs is 1. The Morgan fingerprint density at radius 1 is 1.21 bits per heavy atom. The Morgan fingerprint density at radius 3 is 2.71 bits per heavy atom. The van der Waals surface area contributed by atoms with Gasteiger partial charge in [-0.1, -0.05) is 36.4 Å². The maximum absolute atomic E-state index is 12.5. The quantitative estimate of drug-likeness (QED) is 0.592. The molecule has 0 aromatic heterocycles. The van der Waals surface area contributed by atoms with Crippen LogP contribution in [0, 0.1) is 11.3 Å². The summed E-state index contributed by atoms with van der Waals surface area (Å²) in [6.45, 7) is -0.286. The van der Waals surface area contributed by atoms with E-state index in [9.17, 15) is 9.59 Å². The zero-order chi connectivity index (χ0) is 19.9. The van der Waals surface area contributed by atoms with Crippen molar-refractivity contribution in [1.82, 2.24) is 4.90 Å². The molecule has 5 nitrogen and oxygen atoms in total. The highest BCUT2D eigenvalue weighted by atomic mass is 16.5. The Morgan fingerprint density at radius 2 is 1.96 bits per heavy atom. The highest BCUT2D eigenvalue weighted by Crippen LogP contribution is 2.33. The largest absolute Gasteiger partial charge is 0.452 e. The maximum Gasteiger partial charge on any atom is 0.331 e. The fraction of sp³-hybridized carbons (Fsp3) is 0.261. The molecule has 0 N–H and O–H groups in total. The standard InChI is InChI=1S/C23H22N2O3/c1-25(21-8-4-6-19-5-2-3-7-20(19)21)22(26)16-28-23(27)14-13-17-9-11-18(15-24)12-10-17/h2-3,5,7,9-14,21H,4,6,8,16H2,1H3/b14-13+/t21-/m1/s1. The lowest BCUT2D eigenvalue weighted by Crippen LogP contribution is -2.36. The van der Waals surface area contributed by atoms with E-state index in [1.807, 2.05) is 18.2 Å². The Hall–Kier alpha value is -3.39. The van der Waals surface area contributed by atoms with E-state index in [1.54, 1.807) is 42.3 Å². The molecular weight excluding hydrogens is 352 g/mol. The summed E-state index contributed by atoms with van der Waals surface area (Å²) < 4.78 is 5.10. The molecule has 2 aromatic rings. The number of hydrogen-bond donors (Lipinski definition) is 0. The van der Waals surface area contributed by atoms with Gasteiger partial charge in [0.05, 0.1) is 17.7 Å². The number of carbonyl (C=O) groups is 2. The van der Waals surface area contributed by atoms with Crippen LogP contribution in [-0.4, -0.2) is 30.4 Å². The number of rotatable bonds is 5. The summed E-state index contributed by atoms with van der Waals surface area (Å²) in [6.07, 6.45) is 5.85. The number of nitriles is 1. The zero-order valence-electron chi connectivity index (χ0n) is 15.8. The first-order valence-corrected chi connectivity index (χ1v) is 9.27. The number of aryl methyl sites for hydroxylation is 1. The van der Waals surface area contributed by atoms with E-state index in [0.29, 0.717) is 5.56 Å². The van der Waals surface area contributed by atoms with Crippen molar-refractivity contribution in [2.75, 3.05) is 13.7 Å². The van der Waals surface area contributed by atoms with E-state index >= 15 is 0 Å². The molecule has 2 aromatic carbocycles. The third kappa shape index (κ3) is 4.66. The third-order valence-electron chi connectivity index (χ3n) is 4.99. The van der Waals surface area contributed by atoms with Gasteiger partial charge in [0.1, 0.15) is 0 Å². The van der Waals surface area contributed by atoms with Gasteiger partial charge in [-0.2, -0.15) is 5.26 Å². The highest BCUT2D eigenvalue weighted by molar-refractivity contribution is 5.89. The SMILES string of the molecule is CN(C(=O)COC(=O)/C=C/c1ccc(C#N)cc1)[C@@H]1CCCc2ccccc21. The first kappa shape index (κ1) is 19.4. The minimum absolute atomic E-state index is 0.0188. The van der Waals surface area contributed by atoms with Gasteiger partial charge in [0.2, 0.25) is 0 Å². The molecule has 0 bridgehead atoms. The normalized spacial score (nSPS) is 15.5. The second-order valence-electron chi connectivity index (χ2n) is 6.79. The van der Waals surface area contributed by atoms with Crippen molar-refractivity contribution in [2.24, 2.45) is 0 Å². The second kappa shape index (κ2) is 9.01. The van der Waals surface area contributed by atoms with Crippen molar-refractivity contribution in [3.05, 3.63) is 76.9 Å². The van der Waals surface area contributed by atoms with Crippen molar-refractivity contribution in [3.63, 3.8) is 0 Å². The summed E-state index contributed by atoms with van der Waals surface area (Å²) in [5.74, 6) is -0.794. The van der Waals surface area contributed by atoms with Gasteiger partial charge in [-0.05, 0) is 54.2 Å².